The van der Waals surface area contributed by atoms with E-state index in [1.165, 1.54) is 0 Å². The van der Waals surface area contributed by atoms with Crippen molar-refractivity contribution >= 4 is 16.1 Å². The molecule has 0 amide bonds. The maximum absolute atomic E-state index is 13.7. The van der Waals surface area contributed by atoms with E-state index in [2.05, 4.69) is 0 Å². The highest BCUT2D eigenvalue weighted by Gasteiger charge is 2.40. The summed E-state index contributed by atoms with van der Waals surface area (Å²) in [5.74, 6) is 0.934. The molecule has 2 aliphatic rings. The van der Waals surface area contributed by atoms with Crippen molar-refractivity contribution in [3.05, 3.63) is 60.7 Å². The van der Waals surface area contributed by atoms with E-state index in [0.29, 0.717) is 24.3 Å². The van der Waals surface area contributed by atoms with Crippen LogP contribution in [0.25, 0.3) is 0 Å². The van der Waals surface area contributed by atoms with Gasteiger partial charge in [0.25, 0.3) is 0 Å². The van der Waals surface area contributed by atoms with E-state index < -0.39 is 16.1 Å². The van der Waals surface area contributed by atoms with Gasteiger partial charge in [-0.15, -0.1) is 4.52 Å². The fraction of sp³-hybridized carbons (Fsp3) is 0.500. The Morgan fingerprint density at radius 3 is 1.97 bits per heavy atom. The molecule has 2 aromatic rings. The third-order valence-corrected chi connectivity index (χ3v) is 8.18. The van der Waals surface area contributed by atoms with Gasteiger partial charge in [0, 0.05) is 11.0 Å². The Bertz CT molecular complexity index is 919. The van der Waals surface area contributed by atoms with Crippen LogP contribution in [0.15, 0.2) is 60.7 Å². The molecule has 9 heteroatoms. The van der Waals surface area contributed by atoms with Crippen LogP contribution in [0.1, 0.15) is 57.8 Å². The number of para-hydroxylation sites is 2. The van der Waals surface area contributed by atoms with Crippen molar-refractivity contribution in [1.82, 2.24) is 0 Å². The summed E-state index contributed by atoms with van der Waals surface area (Å²) < 4.78 is 54.8. The molecular formula is C24H31O7P2+. The van der Waals surface area contributed by atoms with Crippen molar-refractivity contribution in [2.45, 2.75) is 76.1 Å². The number of benzene rings is 2. The van der Waals surface area contributed by atoms with Gasteiger partial charge >= 0.3 is 16.1 Å². The van der Waals surface area contributed by atoms with Crippen LogP contribution < -0.4 is 9.05 Å². The van der Waals surface area contributed by atoms with E-state index in [0.717, 1.165) is 44.9 Å². The van der Waals surface area contributed by atoms with Gasteiger partial charge in [0.1, 0.15) is 11.9 Å². The normalized spacial score (nSPS) is 23.9. The first-order valence-electron chi connectivity index (χ1n) is 11.7. The Balaban J connectivity index is 1.37. The topological polar surface area (TPSA) is 80.3 Å². The smallest absolute Gasteiger partial charge is 0.404 e. The number of rotatable bonds is 10. The summed E-state index contributed by atoms with van der Waals surface area (Å²) in [5.41, 5.74) is 0. The van der Waals surface area contributed by atoms with Crippen LogP contribution in [0.4, 0.5) is 0 Å². The van der Waals surface area contributed by atoms with Gasteiger partial charge in [-0.25, -0.2) is 9.09 Å². The molecule has 4 rings (SSSR count). The standard InChI is InChI=1S/C24H31O7P2/c25-32(27-20-11-4-1-5-12-20)28-23-17-10-18-24(19-23)31-33(26,29-21-13-6-2-7-14-21)30-22-15-8-3-9-16-22/h1-2,4-7,11-14,22-24H,3,8-10,15-19H2/q+1. The summed E-state index contributed by atoms with van der Waals surface area (Å²) >= 11 is 0. The van der Waals surface area contributed by atoms with Crippen LogP contribution in [-0.2, 0) is 22.7 Å². The molecule has 0 bridgehead atoms. The second kappa shape index (κ2) is 12.1. The lowest BCUT2D eigenvalue weighted by Crippen LogP contribution is -2.28. The molecule has 7 nitrogen and oxygen atoms in total. The molecule has 4 atom stereocenters. The molecule has 0 aliphatic heterocycles. The molecule has 2 aromatic carbocycles. The highest BCUT2D eigenvalue weighted by Crippen LogP contribution is 2.54. The van der Waals surface area contributed by atoms with Gasteiger partial charge in [0.05, 0.1) is 12.2 Å². The summed E-state index contributed by atoms with van der Waals surface area (Å²) in [5, 5.41) is 0. The molecule has 33 heavy (non-hydrogen) atoms. The SMILES string of the molecule is O=[P+](Oc1ccccc1)OC1CCCC(OP(=O)(Oc2ccccc2)OC2CCCCC2)C1. The average molecular weight is 493 g/mol. The van der Waals surface area contributed by atoms with Crippen molar-refractivity contribution < 1.29 is 31.7 Å². The van der Waals surface area contributed by atoms with Crippen LogP contribution >= 0.6 is 16.1 Å². The van der Waals surface area contributed by atoms with E-state index >= 15 is 0 Å². The van der Waals surface area contributed by atoms with Crippen LogP contribution in [-0.4, -0.2) is 18.3 Å². The Morgan fingerprint density at radius 1 is 0.697 bits per heavy atom. The second-order valence-corrected chi connectivity index (χ2v) is 10.8. The minimum Gasteiger partial charge on any atom is -0.404 e. The second-order valence-electron chi connectivity index (χ2n) is 8.47. The summed E-state index contributed by atoms with van der Waals surface area (Å²) in [6.45, 7) is 0. The van der Waals surface area contributed by atoms with E-state index in [1.807, 2.05) is 24.3 Å². The quantitative estimate of drug-likeness (QED) is 0.315. The van der Waals surface area contributed by atoms with Gasteiger partial charge < -0.3 is 4.52 Å². The van der Waals surface area contributed by atoms with Crippen molar-refractivity contribution in [2.75, 3.05) is 0 Å². The van der Waals surface area contributed by atoms with Crippen LogP contribution in [0, 0.1) is 0 Å². The summed E-state index contributed by atoms with van der Waals surface area (Å²) in [7, 11) is -6.18. The highest BCUT2D eigenvalue weighted by molar-refractivity contribution is 7.49. The van der Waals surface area contributed by atoms with Crippen LogP contribution in [0.5, 0.6) is 11.5 Å². The van der Waals surface area contributed by atoms with Crippen molar-refractivity contribution in [1.29, 1.82) is 0 Å². The Morgan fingerprint density at radius 2 is 1.27 bits per heavy atom. The maximum Gasteiger partial charge on any atom is 0.750 e. The number of hydrogen-bond donors (Lipinski definition) is 0. The molecule has 0 saturated heterocycles. The van der Waals surface area contributed by atoms with Crippen molar-refractivity contribution in [3.8, 4) is 11.5 Å². The monoisotopic (exact) mass is 493 g/mol. The van der Waals surface area contributed by atoms with E-state index in [9.17, 15) is 9.13 Å². The molecule has 2 fully saturated rings. The lowest BCUT2D eigenvalue weighted by molar-refractivity contribution is 0.0245. The molecular weight excluding hydrogens is 462 g/mol. The van der Waals surface area contributed by atoms with Crippen molar-refractivity contribution in [2.24, 2.45) is 0 Å². The third-order valence-electron chi connectivity index (χ3n) is 5.81. The predicted molar refractivity (Wildman–Crippen MR) is 126 cm³/mol. The number of phosphoric acid groups is 1. The van der Waals surface area contributed by atoms with Gasteiger partial charge in [-0.1, -0.05) is 55.7 Å². The maximum atomic E-state index is 13.7. The van der Waals surface area contributed by atoms with Crippen LogP contribution in [0.2, 0.25) is 0 Å². The highest BCUT2D eigenvalue weighted by atomic mass is 31.2. The largest absolute Gasteiger partial charge is 0.750 e. The van der Waals surface area contributed by atoms with Gasteiger partial charge in [0.15, 0.2) is 5.75 Å². The Kier molecular flexibility index (Phi) is 8.94. The lowest BCUT2D eigenvalue weighted by Gasteiger charge is -2.31. The molecule has 0 heterocycles. The molecule has 0 aromatic heterocycles. The molecule has 0 radical (unpaired) electrons. The van der Waals surface area contributed by atoms with E-state index in [1.54, 1.807) is 36.4 Å². The Labute approximate surface area is 196 Å². The van der Waals surface area contributed by atoms with Gasteiger partial charge in [-0.3, -0.25) is 9.05 Å². The molecule has 178 valence electrons. The predicted octanol–water partition coefficient (Wildman–Crippen LogP) is 7.60. The van der Waals surface area contributed by atoms with Gasteiger partial charge in [-0.2, -0.15) is 0 Å². The van der Waals surface area contributed by atoms with Crippen LogP contribution in [0.3, 0.4) is 0 Å². The fourth-order valence-corrected chi connectivity index (χ4v) is 6.64. The molecule has 2 saturated carbocycles. The number of phosphoric ester groups is 1. The third kappa shape index (κ3) is 7.91. The van der Waals surface area contributed by atoms with E-state index in [-0.39, 0.29) is 18.3 Å². The fourth-order valence-electron chi connectivity index (χ4n) is 4.22. The summed E-state index contributed by atoms with van der Waals surface area (Å²) in [6.07, 6.45) is 6.75. The average Bonchev–Trinajstić information content (AvgIpc) is 2.81. The molecule has 2 aliphatic carbocycles. The first-order chi connectivity index (χ1) is 16.1. The molecule has 0 N–H and O–H groups in total. The summed E-state index contributed by atoms with van der Waals surface area (Å²) in [4.78, 5) is 0. The van der Waals surface area contributed by atoms with Crippen molar-refractivity contribution in [3.63, 3.8) is 0 Å². The zero-order chi connectivity index (χ0) is 22.9. The number of hydrogen-bond acceptors (Lipinski definition) is 7. The first-order valence-corrected chi connectivity index (χ1v) is 14.2. The van der Waals surface area contributed by atoms with Gasteiger partial charge in [-0.05, 0) is 56.4 Å². The van der Waals surface area contributed by atoms with E-state index in [4.69, 9.17) is 22.6 Å². The minimum absolute atomic E-state index is 0.141. The Hall–Kier alpha value is -1.75. The zero-order valence-corrected chi connectivity index (χ0v) is 20.4. The lowest BCUT2D eigenvalue weighted by atomic mass is 9.95. The molecule has 4 unspecified atom stereocenters. The zero-order valence-electron chi connectivity index (χ0n) is 18.6. The first kappa shape index (κ1) is 24.4. The molecule has 0 spiro atoms. The minimum atomic E-state index is -3.85. The summed E-state index contributed by atoms with van der Waals surface area (Å²) in [6, 6.07) is 17.9. The van der Waals surface area contributed by atoms with Gasteiger partial charge in [0.2, 0.25) is 0 Å².